The van der Waals surface area contributed by atoms with Crippen LogP contribution in [0.4, 0.5) is 0 Å². The van der Waals surface area contributed by atoms with E-state index in [2.05, 4.69) is 0 Å². The van der Waals surface area contributed by atoms with Crippen LogP contribution in [-0.2, 0) is 11.3 Å². The Bertz CT molecular complexity index is 715. The van der Waals surface area contributed by atoms with Crippen LogP contribution in [0.2, 0.25) is 0 Å². The molecule has 26 heavy (non-hydrogen) atoms. The Balaban J connectivity index is 1.89. The van der Waals surface area contributed by atoms with Crippen LogP contribution in [0.3, 0.4) is 0 Å². The zero-order chi connectivity index (χ0) is 18.9. The fraction of sp³-hybridized carbons (Fsp3) is 0.350. The van der Waals surface area contributed by atoms with E-state index in [1.165, 1.54) is 0 Å². The van der Waals surface area contributed by atoms with Crippen molar-refractivity contribution in [2.75, 3.05) is 34.5 Å². The first-order chi connectivity index (χ1) is 12.6. The van der Waals surface area contributed by atoms with Gasteiger partial charge in [0.25, 0.3) is 5.91 Å². The monoisotopic (exact) mass is 359 g/mol. The molecular weight excluding hydrogens is 334 g/mol. The van der Waals surface area contributed by atoms with Gasteiger partial charge >= 0.3 is 0 Å². The van der Waals surface area contributed by atoms with E-state index in [0.717, 1.165) is 11.3 Å². The van der Waals surface area contributed by atoms with Gasteiger partial charge in [-0.3, -0.25) is 4.79 Å². The maximum Gasteiger partial charge on any atom is 0.260 e. The van der Waals surface area contributed by atoms with Gasteiger partial charge < -0.3 is 23.8 Å². The predicted molar refractivity (Wildman–Crippen MR) is 99.1 cm³/mol. The number of carbonyl (C=O) groups excluding carboxylic acids is 1. The van der Waals surface area contributed by atoms with E-state index < -0.39 is 0 Å². The summed E-state index contributed by atoms with van der Waals surface area (Å²) in [5.41, 5.74) is 0.944. The third-order valence-electron chi connectivity index (χ3n) is 3.79. The summed E-state index contributed by atoms with van der Waals surface area (Å²) < 4.78 is 21.4. The van der Waals surface area contributed by atoms with Gasteiger partial charge in [-0.25, -0.2) is 0 Å². The highest BCUT2D eigenvalue weighted by atomic mass is 16.5. The molecule has 2 aromatic rings. The summed E-state index contributed by atoms with van der Waals surface area (Å²) in [6.45, 7) is 2.96. The molecular formula is C20H25NO5. The molecule has 0 spiro atoms. The summed E-state index contributed by atoms with van der Waals surface area (Å²) in [5, 5.41) is 0. The van der Waals surface area contributed by atoms with Gasteiger partial charge in [-0.1, -0.05) is 6.07 Å². The Morgan fingerprint density at radius 2 is 1.54 bits per heavy atom. The number of likely N-dealkylation sites (N-methyl/N-ethyl adjacent to an activating group) is 1. The third kappa shape index (κ3) is 5.31. The van der Waals surface area contributed by atoms with Gasteiger partial charge in [0.05, 0.1) is 20.8 Å². The van der Waals surface area contributed by atoms with Gasteiger partial charge in [-0.2, -0.15) is 0 Å². The lowest BCUT2D eigenvalue weighted by Crippen LogP contribution is -2.30. The lowest BCUT2D eigenvalue weighted by atomic mass is 10.2. The highest BCUT2D eigenvalue weighted by molar-refractivity contribution is 5.77. The molecule has 140 valence electrons. The molecule has 0 saturated carbocycles. The summed E-state index contributed by atoms with van der Waals surface area (Å²) in [6.07, 6.45) is 0. The number of carbonyl (C=O) groups is 1. The van der Waals surface area contributed by atoms with Crippen LogP contribution >= 0.6 is 0 Å². The first-order valence-corrected chi connectivity index (χ1v) is 8.38. The van der Waals surface area contributed by atoms with E-state index in [-0.39, 0.29) is 12.5 Å². The Labute approximate surface area is 154 Å². The van der Waals surface area contributed by atoms with Gasteiger partial charge in [0.15, 0.2) is 18.1 Å². The van der Waals surface area contributed by atoms with E-state index in [1.54, 1.807) is 38.3 Å². The lowest BCUT2D eigenvalue weighted by Gasteiger charge is -2.18. The normalized spacial score (nSPS) is 10.2. The molecule has 6 nitrogen and oxygen atoms in total. The Morgan fingerprint density at radius 1 is 0.923 bits per heavy atom. The van der Waals surface area contributed by atoms with Crippen molar-refractivity contribution < 1.29 is 23.7 Å². The minimum Gasteiger partial charge on any atom is -0.494 e. The number of hydrogen-bond donors (Lipinski definition) is 0. The third-order valence-corrected chi connectivity index (χ3v) is 3.79. The number of benzene rings is 2. The largest absolute Gasteiger partial charge is 0.494 e. The van der Waals surface area contributed by atoms with Crippen molar-refractivity contribution in [2.24, 2.45) is 0 Å². The van der Waals surface area contributed by atoms with E-state index in [4.69, 9.17) is 18.9 Å². The maximum absolute atomic E-state index is 12.3. The number of amides is 1. The molecule has 0 fully saturated rings. The molecule has 0 aliphatic carbocycles. The molecule has 2 aromatic carbocycles. The van der Waals surface area contributed by atoms with Crippen LogP contribution in [0.5, 0.6) is 23.0 Å². The number of methoxy groups -OCH3 is 2. The Morgan fingerprint density at radius 3 is 2.12 bits per heavy atom. The van der Waals surface area contributed by atoms with Gasteiger partial charge in [0, 0.05) is 13.6 Å². The number of hydrogen-bond acceptors (Lipinski definition) is 5. The molecule has 0 atom stereocenters. The Kier molecular flexibility index (Phi) is 7.14. The second-order valence-corrected chi connectivity index (χ2v) is 5.63. The minimum absolute atomic E-state index is 0.0300. The van der Waals surface area contributed by atoms with Gasteiger partial charge in [-0.15, -0.1) is 0 Å². The zero-order valence-corrected chi connectivity index (χ0v) is 15.7. The van der Waals surface area contributed by atoms with Gasteiger partial charge in [-0.05, 0) is 48.9 Å². The topological polar surface area (TPSA) is 57.2 Å². The Hall–Kier alpha value is -2.89. The molecule has 0 aliphatic heterocycles. The van der Waals surface area contributed by atoms with Crippen LogP contribution in [0.25, 0.3) is 0 Å². The molecule has 0 aromatic heterocycles. The SMILES string of the molecule is CCOc1ccc(OCC(=O)N(C)Cc2ccc(OC)c(OC)c2)cc1. The van der Waals surface area contributed by atoms with Crippen LogP contribution in [-0.4, -0.2) is 45.3 Å². The van der Waals surface area contributed by atoms with Crippen LogP contribution < -0.4 is 18.9 Å². The maximum atomic E-state index is 12.3. The van der Waals surface area contributed by atoms with Gasteiger partial charge in [0.1, 0.15) is 11.5 Å². The van der Waals surface area contributed by atoms with Crippen molar-refractivity contribution in [1.29, 1.82) is 0 Å². The molecule has 0 heterocycles. The molecule has 6 heteroatoms. The van der Waals surface area contributed by atoms with Crippen molar-refractivity contribution in [3.8, 4) is 23.0 Å². The van der Waals surface area contributed by atoms with Crippen molar-refractivity contribution in [3.05, 3.63) is 48.0 Å². The summed E-state index contributed by atoms with van der Waals surface area (Å²) in [7, 11) is 4.91. The molecule has 0 unspecified atom stereocenters. The fourth-order valence-corrected chi connectivity index (χ4v) is 2.40. The first-order valence-electron chi connectivity index (χ1n) is 8.38. The first kappa shape index (κ1) is 19.4. The lowest BCUT2D eigenvalue weighted by molar-refractivity contribution is -0.132. The van der Waals surface area contributed by atoms with Crippen LogP contribution in [0.15, 0.2) is 42.5 Å². The second-order valence-electron chi connectivity index (χ2n) is 5.63. The average molecular weight is 359 g/mol. The van der Waals surface area contributed by atoms with Crippen molar-refractivity contribution in [2.45, 2.75) is 13.5 Å². The number of rotatable bonds is 9. The smallest absolute Gasteiger partial charge is 0.260 e. The molecule has 0 bridgehead atoms. The van der Waals surface area contributed by atoms with Crippen molar-refractivity contribution in [3.63, 3.8) is 0 Å². The summed E-state index contributed by atoms with van der Waals surface area (Å²) >= 11 is 0. The molecule has 0 aliphatic rings. The molecule has 2 rings (SSSR count). The summed E-state index contributed by atoms with van der Waals surface area (Å²) in [5.74, 6) is 2.58. The number of nitrogens with zero attached hydrogens (tertiary/aromatic N) is 1. The van der Waals surface area contributed by atoms with Crippen molar-refractivity contribution >= 4 is 5.91 Å². The minimum atomic E-state index is -0.117. The summed E-state index contributed by atoms with van der Waals surface area (Å²) in [6, 6.07) is 12.8. The molecule has 1 amide bonds. The van der Waals surface area contributed by atoms with Gasteiger partial charge in [0.2, 0.25) is 0 Å². The summed E-state index contributed by atoms with van der Waals surface area (Å²) in [4.78, 5) is 13.9. The highest BCUT2D eigenvalue weighted by Gasteiger charge is 2.12. The van der Waals surface area contributed by atoms with Crippen molar-refractivity contribution in [1.82, 2.24) is 4.90 Å². The molecule has 0 radical (unpaired) electrons. The number of ether oxygens (including phenoxy) is 4. The van der Waals surface area contributed by atoms with E-state index in [1.807, 2.05) is 37.3 Å². The fourth-order valence-electron chi connectivity index (χ4n) is 2.40. The van der Waals surface area contributed by atoms with Crippen LogP contribution in [0, 0.1) is 0 Å². The molecule has 0 N–H and O–H groups in total. The standard InChI is InChI=1S/C20H25NO5/c1-5-25-16-7-9-17(10-8-16)26-14-20(22)21(2)13-15-6-11-18(23-3)19(12-15)24-4/h6-12H,5,13-14H2,1-4H3. The quantitative estimate of drug-likeness (QED) is 0.688. The van der Waals surface area contributed by atoms with E-state index in [9.17, 15) is 4.79 Å². The van der Waals surface area contributed by atoms with Crippen LogP contribution in [0.1, 0.15) is 12.5 Å². The average Bonchev–Trinajstić information content (AvgIpc) is 2.67. The highest BCUT2D eigenvalue weighted by Crippen LogP contribution is 2.28. The molecule has 0 saturated heterocycles. The van der Waals surface area contributed by atoms with E-state index in [0.29, 0.717) is 30.4 Å². The zero-order valence-electron chi connectivity index (χ0n) is 15.7. The van der Waals surface area contributed by atoms with E-state index >= 15 is 0 Å². The predicted octanol–water partition coefficient (Wildman–Crippen LogP) is 3.14. The second kappa shape index (κ2) is 9.56.